The number of aromatic carboxylic acids is 1. The Bertz CT molecular complexity index is 544. The maximum Gasteiger partial charge on any atom is 0.356 e. The van der Waals surface area contributed by atoms with E-state index >= 15 is 0 Å². The van der Waals surface area contributed by atoms with Gasteiger partial charge in [-0.25, -0.2) is 9.78 Å². The molecule has 1 amide bonds. The van der Waals surface area contributed by atoms with E-state index in [1.807, 2.05) is 0 Å². The van der Waals surface area contributed by atoms with Crippen LogP contribution in [0.25, 0.3) is 0 Å². The second-order valence-electron chi connectivity index (χ2n) is 3.57. The first-order valence-electron chi connectivity index (χ1n) is 5.22. The molecular formula is C11H11N3O4. The molecule has 2 aromatic heterocycles. The number of furan rings is 1. The molecule has 18 heavy (non-hydrogen) atoms. The molecule has 2 rings (SSSR count). The van der Waals surface area contributed by atoms with E-state index in [0.29, 0.717) is 18.7 Å². The molecule has 0 saturated heterocycles. The van der Waals surface area contributed by atoms with Crippen LogP contribution in [0.4, 0.5) is 0 Å². The Morgan fingerprint density at radius 1 is 1.50 bits per heavy atom. The first-order valence-corrected chi connectivity index (χ1v) is 5.22. The number of amides is 1. The molecule has 94 valence electrons. The number of carbonyl (C=O) groups excluding carboxylic acids is 1. The molecule has 0 saturated carbocycles. The average Bonchev–Trinajstić information content (AvgIpc) is 3.00. The number of carboxylic acids is 1. The van der Waals surface area contributed by atoms with Gasteiger partial charge in [0.2, 0.25) is 0 Å². The molecule has 2 aromatic rings. The standard InChI is InChI=1S/C11H11N3O4/c15-10(8-1-4-18-6-8)12-2-3-14-5-9(11(16)17)13-7-14/h1,4-7H,2-3H2,(H,12,15)(H,16,17). The van der Waals surface area contributed by atoms with Crippen LogP contribution in [0.15, 0.2) is 35.5 Å². The molecule has 0 spiro atoms. The van der Waals surface area contributed by atoms with Gasteiger partial charge in [-0.05, 0) is 6.07 Å². The van der Waals surface area contributed by atoms with Crippen molar-refractivity contribution >= 4 is 11.9 Å². The lowest BCUT2D eigenvalue weighted by Gasteiger charge is -2.03. The van der Waals surface area contributed by atoms with Gasteiger partial charge in [-0.3, -0.25) is 4.79 Å². The maximum atomic E-state index is 11.5. The highest BCUT2D eigenvalue weighted by molar-refractivity contribution is 5.93. The van der Waals surface area contributed by atoms with Crippen LogP contribution >= 0.6 is 0 Å². The van der Waals surface area contributed by atoms with Crippen LogP contribution in [0.3, 0.4) is 0 Å². The lowest BCUT2D eigenvalue weighted by Crippen LogP contribution is -2.26. The van der Waals surface area contributed by atoms with E-state index in [4.69, 9.17) is 9.52 Å². The number of rotatable bonds is 5. The van der Waals surface area contributed by atoms with E-state index in [-0.39, 0.29) is 11.6 Å². The first kappa shape index (κ1) is 11.9. The molecule has 0 aliphatic carbocycles. The number of hydrogen-bond acceptors (Lipinski definition) is 4. The Morgan fingerprint density at radius 3 is 2.94 bits per heavy atom. The second-order valence-corrected chi connectivity index (χ2v) is 3.57. The van der Waals surface area contributed by atoms with Crippen LogP contribution in [0.2, 0.25) is 0 Å². The number of carbonyl (C=O) groups is 2. The maximum absolute atomic E-state index is 11.5. The summed E-state index contributed by atoms with van der Waals surface area (Å²) in [5.74, 6) is -1.31. The highest BCUT2D eigenvalue weighted by Crippen LogP contribution is 1.99. The number of nitrogens with one attached hydrogen (secondary N) is 1. The van der Waals surface area contributed by atoms with E-state index in [1.54, 1.807) is 10.6 Å². The number of carboxylic acid groups (broad SMARTS) is 1. The fourth-order valence-electron chi connectivity index (χ4n) is 1.39. The van der Waals surface area contributed by atoms with Gasteiger partial charge in [0.15, 0.2) is 5.69 Å². The van der Waals surface area contributed by atoms with Crippen LogP contribution in [0.1, 0.15) is 20.8 Å². The highest BCUT2D eigenvalue weighted by atomic mass is 16.4. The summed E-state index contributed by atoms with van der Waals surface area (Å²) in [7, 11) is 0. The van der Waals surface area contributed by atoms with Gasteiger partial charge >= 0.3 is 5.97 Å². The molecule has 0 aliphatic rings. The Hall–Kier alpha value is -2.57. The molecule has 0 unspecified atom stereocenters. The van der Waals surface area contributed by atoms with Crippen molar-refractivity contribution in [2.75, 3.05) is 6.54 Å². The van der Waals surface area contributed by atoms with Crippen molar-refractivity contribution in [1.82, 2.24) is 14.9 Å². The lowest BCUT2D eigenvalue weighted by molar-refractivity contribution is 0.0690. The number of imidazole rings is 1. The smallest absolute Gasteiger partial charge is 0.356 e. The molecule has 0 atom stereocenters. The van der Waals surface area contributed by atoms with Gasteiger partial charge in [0.05, 0.1) is 18.2 Å². The van der Waals surface area contributed by atoms with Gasteiger partial charge in [-0.15, -0.1) is 0 Å². The SMILES string of the molecule is O=C(NCCn1cnc(C(=O)O)c1)c1ccoc1. The third-order valence-corrected chi connectivity index (χ3v) is 2.29. The zero-order valence-corrected chi connectivity index (χ0v) is 9.37. The predicted molar refractivity (Wildman–Crippen MR) is 60.2 cm³/mol. The van der Waals surface area contributed by atoms with Gasteiger partial charge in [0.25, 0.3) is 5.91 Å². The molecule has 0 fully saturated rings. The first-order chi connectivity index (χ1) is 8.66. The second kappa shape index (κ2) is 5.17. The number of aromatic nitrogens is 2. The Balaban J connectivity index is 1.81. The minimum Gasteiger partial charge on any atom is -0.476 e. The van der Waals surface area contributed by atoms with Gasteiger partial charge in [-0.1, -0.05) is 0 Å². The summed E-state index contributed by atoms with van der Waals surface area (Å²) in [5, 5.41) is 11.4. The van der Waals surface area contributed by atoms with Crippen molar-refractivity contribution in [2.24, 2.45) is 0 Å². The van der Waals surface area contributed by atoms with Crippen molar-refractivity contribution < 1.29 is 19.1 Å². The van der Waals surface area contributed by atoms with E-state index in [2.05, 4.69) is 10.3 Å². The van der Waals surface area contributed by atoms with Gasteiger partial charge in [0, 0.05) is 19.3 Å². The van der Waals surface area contributed by atoms with Crippen molar-refractivity contribution in [3.05, 3.63) is 42.4 Å². The summed E-state index contributed by atoms with van der Waals surface area (Å²) >= 11 is 0. The van der Waals surface area contributed by atoms with Crippen LogP contribution in [0.5, 0.6) is 0 Å². The van der Waals surface area contributed by atoms with E-state index in [1.165, 1.54) is 25.1 Å². The Kier molecular flexibility index (Phi) is 3.42. The van der Waals surface area contributed by atoms with E-state index in [9.17, 15) is 9.59 Å². The predicted octanol–water partition coefficient (Wildman–Crippen LogP) is 0.604. The van der Waals surface area contributed by atoms with Crippen molar-refractivity contribution in [3.8, 4) is 0 Å². The van der Waals surface area contributed by atoms with Crippen molar-refractivity contribution in [1.29, 1.82) is 0 Å². The molecule has 2 heterocycles. The third-order valence-electron chi connectivity index (χ3n) is 2.29. The molecule has 0 bridgehead atoms. The normalized spacial score (nSPS) is 10.2. The van der Waals surface area contributed by atoms with Crippen LogP contribution in [-0.4, -0.2) is 33.1 Å². The van der Waals surface area contributed by atoms with Gasteiger partial charge < -0.3 is 19.4 Å². The average molecular weight is 249 g/mol. The van der Waals surface area contributed by atoms with Crippen LogP contribution in [-0.2, 0) is 6.54 Å². The third kappa shape index (κ3) is 2.76. The summed E-state index contributed by atoms with van der Waals surface area (Å²) in [6.45, 7) is 0.823. The fraction of sp³-hybridized carbons (Fsp3) is 0.182. The number of hydrogen-bond donors (Lipinski definition) is 2. The summed E-state index contributed by atoms with van der Waals surface area (Å²) in [5.41, 5.74) is 0.433. The van der Waals surface area contributed by atoms with Gasteiger partial charge in [0.1, 0.15) is 6.26 Å². The van der Waals surface area contributed by atoms with Crippen LogP contribution < -0.4 is 5.32 Å². The molecule has 0 radical (unpaired) electrons. The zero-order chi connectivity index (χ0) is 13.0. The molecule has 0 aromatic carbocycles. The summed E-state index contributed by atoms with van der Waals surface area (Å²) in [4.78, 5) is 25.8. The Labute approximate surface area is 102 Å². The minimum atomic E-state index is -1.07. The minimum absolute atomic E-state index is 0.0174. The monoisotopic (exact) mass is 249 g/mol. The quantitative estimate of drug-likeness (QED) is 0.808. The summed E-state index contributed by atoms with van der Waals surface area (Å²) in [6.07, 6.45) is 5.60. The van der Waals surface area contributed by atoms with E-state index in [0.717, 1.165) is 0 Å². The van der Waals surface area contributed by atoms with Crippen molar-refractivity contribution in [3.63, 3.8) is 0 Å². The Morgan fingerprint density at radius 2 is 2.33 bits per heavy atom. The fourth-order valence-corrected chi connectivity index (χ4v) is 1.39. The topological polar surface area (TPSA) is 97.4 Å². The number of nitrogens with zero attached hydrogens (tertiary/aromatic N) is 2. The highest BCUT2D eigenvalue weighted by Gasteiger charge is 2.07. The largest absolute Gasteiger partial charge is 0.476 e. The molecule has 7 heteroatoms. The zero-order valence-electron chi connectivity index (χ0n) is 9.37. The summed E-state index contributed by atoms with van der Waals surface area (Å²) < 4.78 is 6.38. The molecule has 7 nitrogen and oxygen atoms in total. The molecule has 0 aliphatic heterocycles. The lowest BCUT2D eigenvalue weighted by atomic mass is 10.3. The van der Waals surface area contributed by atoms with Crippen molar-refractivity contribution in [2.45, 2.75) is 6.54 Å². The molecular weight excluding hydrogens is 238 g/mol. The van der Waals surface area contributed by atoms with E-state index < -0.39 is 5.97 Å². The summed E-state index contributed by atoms with van der Waals surface area (Å²) in [6, 6.07) is 1.56. The van der Waals surface area contributed by atoms with Crippen LogP contribution in [0, 0.1) is 0 Å². The molecule has 2 N–H and O–H groups in total. The van der Waals surface area contributed by atoms with Gasteiger partial charge in [-0.2, -0.15) is 0 Å².